The Labute approximate surface area is 163 Å². The lowest BCUT2D eigenvalue weighted by Gasteiger charge is -2.24. The first-order chi connectivity index (χ1) is 13.7. The molecule has 3 rings (SSSR count). The monoisotopic (exact) mass is 387 g/mol. The van der Waals surface area contributed by atoms with Crippen molar-refractivity contribution in [2.75, 3.05) is 26.6 Å². The molecule has 150 valence electrons. The SMILES string of the molecule is COc1ccccc1NC(=O)C(Cc1cccc(OC)c1OC)C1NNNN1. The lowest BCUT2D eigenvalue weighted by atomic mass is 9.94. The van der Waals surface area contributed by atoms with Crippen molar-refractivity contribution in [2.24, 2.45) is 5.92 Å². The third kappa shape index (κ3) is 4.34. The van der Waals surface area contributed by atoms with Crippen molar-refractivity contribution >= 4 is 11.6 Å². The van der Waals surface area contributed by atoms with Crippen molar-refractivity contribution in [2.45, 2.75) is 12.6 Å². The Morgan fingerprint density at radius 1 is 0.964 bits per heavy atom. The maximum atomic E-state index is 13.2. The first-order valence-corrected chi connectivity index (χ1v) is 8.82. The van der Waals surface area contributed by atoms with Crippen LogP contribution >= 0.6 is 0 Å². The fourth-order valence-electron chi connectivity index (χ4n) is 3.15. The molecule has 0 spiro atoms. The molecule has 2 aromatic carbocycles. The number of nitrogens with one attached hydrogen (secondary N) is 5. The highest BCUT2D eigenvalue weighted by Crippen LogP contribution is 2.33. The second-order valence-corrected chi connectivity index (χ2v) is 6.17. The van der Waals surface area contributed by atoms with E-state index in [0.29, 0.717) is 29.4 Å². The highest BCUT2D eigenvalue weighted by atomic mass is 16.5. The molecular formula is C19H25N5O4. The summed E-state index contributed by atoms with van der Waals surface area (Å²) in [5.41, 5.74) is 13.0. The highest BCUT2D eigenvalue weighted by Gasteiger charge is 2.32. The zero-order valence-corrected chi connectivity index (χ0v) is 16.0. The smallest absolute Gasteiger partial charge is 0.230 e. The molecule has 0 radical (unpaired) electrons. The Morgan fingerprint density at radius 3 is 2.32 bits per heavy atom. The van der Waals surface area contributed by atoms with E-state index in [1.165, 1.54) is 0 Å². The molecule has 0 saturated carbocycles. The first kappa shape index (κ1) is 19.9. The zero-order valence-electron chi connectivity index (χ0n) is 16.0. The second-order valence-electron chi connectivity index (χ2n) is 6.17. The molecule has 0 aromatic heterocycles. The molecular weight excluding hydrogens is 362 g/mol. The van der Waals surface area contributed by atoms with Crippen molar-refractivity contribution in [3.63, 3.8) is 0 Å². The molecule has 1 atom stereocenters. The fraction of sp³-hybridized carbons (Fsp3) is 0.316. The van der Waals surface area contributed by atoms with E-state index in [-0.39, 0.29) is 12.1 Å². The number of hydrazine groups is 3. The number of hydrogen-bond acceptors (Lipinski definition) is 8. The number of carbonyl (C=O) groups excluding carboxylic acids is 1. The molecule has 1 unspecified atom stereocenters. The standard InChI is InChI=1S/C19H25N5O4/c1-26-15-9-5-4-8-14(15)20-19(25)13(18-21-23-24-22-18)11-12-7-6-10-16(27-2)17(12)28-3/h4-10,13,18,21-24H,11H2,1-3H3,(H,20,25). The maximum Gasteiger partial charge on any atom is 0.230 e. The van der Waals surface area contributed by atoms with Crippen LogP contribution in [0, 0.1) is 5.92 Å². The minimum absolute atomic E-state index is 0.176. The zero-order chi connectivity index (χ0) is 19.9. The average Bonchev–Trinajstić information content (AvgIpc) is 3.26. The summed E-state index contributed by atoms with van der Waals surface area (Å²) >= 11 is 0. The van der Waals surface area contributed by atoms with Crippen molar-refractivity contribution < 1.29 is 19.0 Å². The van der Waals surface area contributed by atoms with Crippen LogP contribution in [-0.2, 0) is 11.2 Å². The molecule has 0 bridgehead atoms. The third-order valence-electron chi connectivity index (χ3n) is 4.55. The van der Waals surface area contributed by atoms with E-state index in [1.54, 1.807) is 33.5 Å². The molecule has 1 amide bonds. The Morgan fingerprint density at radius 2 is 1.64 bits per heavy atom. The van der Waals surface area contributed by atoms with E-state index in [4.69, 9.17) is 14.2 Å². The second kappa shape index (κ2) is 9.38. The van der Waals surface area contributed by atoms with Crippen LogP contribution < -0.4 is 41.4 Å². The third-order valence-corrected chi connectivity index (χ3v) is 4.55. The molecule has 28 heavy (non-hydrogen) atoms. The van der Waals surface area contributed by atoms with Gasteiger partial charge in [0.05, 0.1) is 39.1 Å². The summed E-state index contributed by atoms with van der Waals surface area (Å²) in [6, 6.07) is 12.9. The summed E-state index contributed by atoms with van der Waals surface area (Å²) in [6.07, 6.45) is 0.0562. The molecule has 1 fully saturated rings. The number of methoxy groups -OCH3 is 3. The average molecular weight is 387 g/mol. The minimum Gasteiger partial charge on any atom is -0.495 e. The van der Waals surface area contributed by atoms with Gasteiger partial charge in [-0.05, 0) is 30.2 Å². The lowest BCUT2D eigenvalue weighted by molar-refractivity contribution is -0.120. The summed E-state index contributed by atoms with van der Waals surface area (Å²) < 4.78 is 16.2. The van der Waals surface area contributed by atoms with E-state index < -0.39 is 5.92 Å². The molecule has 1 aliphatic rings. The van der Waals surface area contributed by atoms with Gasteiger partial charge >= 0.3 is 0 Å². The number of rotatable bonds is 8. The largest absolute Gasteiger partial charge is 0.495 e. The van der Waals surface area contributed by atoms with Crippen LogP contribution in [-0.4, -0.2) is 33.4 Å². The van der Waals surface area contributed by atoms with Crippen molar-refractivity contribution in [3.8, 4) is 17.2 Å². The Kier molecular flexibility index (Phi) is 6.66. The van der Waals surface area contributed by atoms with Gasteiger partial charge in [-0.15, -0.1) is 0 Å². The van der Waals surface area contributed by atoms with Gasteiger partial charge in [0, 0.05) is 0 Å². The van der Waals surface area contributed by atoms with Gasteiger partial charge in [0.25, 0.3) is 0 Å². The van der Waals surface area contributed by atoms with Crippen LogP contribution in [0.1, 0.15) is 5.56 Å². The predicted octanol–water partition coefficient (Wildman–Crippen LogP) is 0.953. The quantitative estimate of drug-likeness (QED) is 0.456. The molecule has 9 nitrogen and oxygen atoms in total. The van der Waals surface area contributed by atoms with Gasteiger partial charge in [0.2, 0.25) is 5.91 Å². The Hall–Kier alpha value is -2.85. The summed E-state index contributed by atoms with van der Waals surface area (Å²) in [4.78, 5) is 13.2. The Balaban J connectivity index is 1.87. The summed E-state index contributed by atoms with van der Waals surface area (Å²) in [5, 5.41) is 2.95. The van der Waals surface area contributed by atoms with E-state index in [9.17, 15) is 4.79 Å². The summed E-state index contributed by atoms with van der Waals surface area (Å²) in [5.74, 6) is 1.17. The molecule has 9 heteroatoms. The van der Waals surface area contributed by atoms with Gasteiger partial charge in [-0.2, -0.15) is 11.1 Å². The number of carbonyl (C=O) groups is 1. The number of hydrogen-bond donors (Lipinski definition) is 5. The molecule has 1 heterocycles. The number of benzene rings is 2. The van der Waals surface area contributed by atoms with Crippen LogP contribution in [0.5, 0.6) is 17.2 Å². The number of para-hydroxylation sites is 3. The van der Waals surface area contributed by atoms with E-state index in [2.05, 4.69) is 27.2 Å². The molecule has 0 aliphatic carbocycles. The minimum atomic E-state index is -0.478. The maximum absolute atomic E-state index is 13.2. The van der Waals surface area contributed by atoms with Gasteiger partial charge in [0.1, 0.15) is 5.75 Å². The lowest BCUT2D eigenvalue weighted by Crippen LogP contribution is -2.47. The molecule has 1 saturated heterocycles. The van der Waals surface area contributed by atoms with Crippen molar-refractivity contribution in [3.05, 3.63) is 48.0 Å². The highest BCUT2D eigenvalue weighted by molar-refractivity contribution is 5.94. The number of amides is 1. The number of anilines is 1. The first-order valence-electron chi connectivity index (χ1n) is 8.82. The van der Waals surface area contributed by atoms with Gasteiger partial charge in [0.15, 0.2) is 11.5 Å². The summed E-state index contributed by atoms with van der Waals surface area (Å²) in [6.45, 7) is 0. The van der Waals surface area contributed by atoms with Crippen molar-refractivity contribution in [1.82, 2.24) is 21.9 Å². The Bertz CT molecular complexity index is 811. The van der Waals surface area contributed by atoms with Gasteiger partial charge in [-0.25, -0.2) is 10.9 Å². The molecule has 5 N–H and O–H groups in total. The van der Waals surface area contributed by atoms with Crippen LogP contribution in [0.2, 0.25) is 0 Å². The summed E-state index contributed by atoms with van der Waals surface area (Å²) in [7, 11) is 4.74. The van der Waals surface area contributed by atoms with Crippen LogP contribution in [0.4, 0.5) is 5.69 Å². The van der Waals surface area contributed by atoms with Gasteiger partial charge in [-0.1, -0.05) is 24.3 Å². The van der Waals surface area contributed by atoms with E-state index in [1.807, 2.05) is 30.3 Å². The van der Waals surface area contributed by atoms with Crippen molar-refractivity contribution in [1.29, 1.82) is 0 Å². The predicted molar refractivity (Wildman–Crippen MR) is 105 cm³/mol. The van der Waals surface area contributed by atoms with E-state index in [0.717, 1.165) is 5.56 Å². The normalized spacial score (nSPS) is 15.1. The van der Waals surface area contributed by atoms with Crippen LogP contribution in [0.15, 0.2) is 42.5 Å². The molecule has 1 aliphatic heterocycles. The van der Waals surface area contributed by atoms with Gasteiger partial charge in [-0.3, -0.25) is 4.79 Å². The fourth-order valence-corrected chi connectivity index (χ4v) is 3.15. The van der Waals surface area contributed by atoms with Crippen LogP contribution in [0.25, 0.3) is 0 Å². The van der Waals surface area contributed by atoms with Crippen LogP contribution in [0.3, 0.4) is 0 Å². The molecule has 2 aromatic rings. The van der Waals surface area contributed by atoms with Gasteiger partial charge < -0.3 is 19.5 Å². The topological polar surface area (TPSA) is 105 Å². The van der Waals surface area contributed by atoms with E-state index >= 15 is 0 Å². The number of ether oxygens (including phenoxy) is 3.